The van der Waals surface area contributed by atoms with Gasteiger partial charge in [-0.25, -0.2) is 4.98 Å². The van der Waals surface area contributed by atoms with Gasteiger partial charge in [0.1, 0.15) is 5.82 Å². The van der Waals surface area contributed by atoms with Crippen molar-refractivity contribution in [3.8, 4) is 0 Å². The van der Waals surface area contributed by atoms with Crippen LogP contribution in [0.1, 0.15) is 35.3 Å². The second kappa shape index (κ2) is 8.48. The monoisotopic (exact) mass is 365 g/mol. The second-order valence-electron chi connectivity index (χ2n) is 7.31. The van der Waals surface area contributed by atoms with Crippen molar-refractivity contribution < 1.29 is 4.79 Å². The van der Waals surface area contributed by atoms with Crippen molar-refractivity contribution in [1.29, 1.82) is 0 Å². The largest absolute Gasteiger partial charge is 0.355 e. The van der Waals surface area contributed by atoms with E-state index in [9.17, 15) is 4.79 Å². The van der Waals surface area contributed by atoms with Crippen molar-refractivity contribution >= 4 is 11.7 Å². The van der Waals surface area contributed by atoms with Crippen LogP contribution in [0.15, 0.2) is 42.7 Å². The molecule has 2 saturated heterocycles. The minimum Gasteiger partial charge on any atom is -0.355 e. The van der Waals surface area contributed by atoms with Crippen molar-refractivity contribution in [3.63, 3.8) is 0 Å². The maximum Gasteiger partial charge on any atom is 0.257 e. The highest BCUT2D eigenvalue weighted by molar-refractivity contribution is 5.99. The van der Waals surface area contributed by atoms with Gasteiger partial charge >= 0.3 is 0 Å². The van der Waals surface area contributed by atoms with E-state index in [1.165, 1.54) is 0 Å². The van der Waals surface area contributed by atoms with Crippen LogP contribution in [-0.2, 0) is 6.54 Å². The van der Waals surface area contributed by atoms with Gasteiger partial charge in [-0.1, -0.05) is 6.07 Å². The molecule has 6 nitrogen and oxygen atoms in total. The van der Waals surface area contributed by atoms with Crippen LogP contribution in [0.3, 0.4) is 0 Å². The van der Waals surface area contributed by atoms with Crippen molar-refractivity contribution in [1.82, 2.24) is 19.8 Å². The predicted octanol–water partition coefficient (Wildman–Crippen LogP) is 2.42. The first-order valence-corrected chi connectivity index (χ1v) is 9.93. The quantitative estimate of drug-likeness (QED) is 0.833. The van der Waals surface area contributed by atoms with Crippen LogP contribution < -0.4 is 4.90 Å². The van der Waals surface area contributed by atoms with Crippen molar-refractivity contribution in [2.45, 2.75) is 25.8 Å². The van der Waals surface area contributed by atoms with E-state index in [0.717, 1.165) is 82.2 Å². The number of amides is 1. The molecule has 2 fully saturated rings. The van der Waals surface area contributed by atoms with Crippen molar-refractivity contribution in [2.75, 3.05) is 44.2 Å². The summed E-state index contributed by atoms with van der Waals surface area (Å²) >= 11 is 0. The Bertz CT molecular complexity index is 760. The van der Waals surface area contributed by atoms with Gasteiger partial charge in [-0.15, -0.1) is 0 Å². The highest BCUT2D eigenvalue weighted by atomic mass is 16.2. The summed E-state index contributed by atoms with van der Waals surface area (Å²) in [7, 11) is 0. The first-order valence-electron chi connectivity index (χ1n) is 9.93. The van der Waals surface area contributed by atoms with E-state index in [1.54, 1.807) is 6.20 Å². The zero-order valence-corrected chi connectivity index (χ0v) is 15.8. The Morgan fingerprint density at radius 1 is 0.852 bits per heavy atom. The lowest BCUT2D eigenvalue weighted by molar-refractivity contribution is 0.0793. The van der Waals surface area contributed by atoms with Gasteiger partial charge in [0.25, 0.3) is 5.91 Å². The van der Waals surface area contributed by atoms with E-state index in [-0.39, 0.29) is 5.91 Å². The minimum atomic E-state index is 0.130. The third-order valence-electron chi connectivity index (χ3n) is 5.41. The molecule has 0 N–H and O–H groups in total. The minimum absolute atomic E-state index is 0.130. The number of hydrogen-bond donors (Lipinski definition) is 0. The zero-order chi connectivity index (χ0) is 18.5. The van der Waals surface area contributed by atoms with E-state index >= 15 is 0 Å². The number of aromatic nitrogens is 2. The lowest BCUT2D eigenvalue weighted by Gasteiger charge is -2.25. The van der Waals surface area contributed by atoms with E-state index in [1.807, 2.05) is 35.4 Å². The van der Waals surface area contributed by atoms with Crippen molar-refractivity contribution in [3.05, 3.63) is 54.0 Å². The molecular formula is C21H27N5O. The summed E-state index contributed by atoms with van der Waals surface area (Å²) in [5.41, 5.74) is 1.85. The third kappa shape index (κ3) is 4.27. The highest BCUT2D eigenvalue weighted by Gasteiger charge is 2.25. The smallest absolute Gasteiger partial charge is 0.257 e. The Labute approximate surface area is 160 Å². The van der Waals surface area contributed by atoms with Crippen LogP contribution >= 0.6 is 0 Å². The van der Waals surface area contributed by atoms with E-state index in [0.29, 0.717) is 0 Å². The molecular weight excluding hydrogens is 338 g/mol. The third-order valence-corrected chi connectivity index (χ3v) is 5.41. The molecule has 27 heavy (non-hydrogen) atoms. The summed E-state index contributed by atoms with van der Waals surface area (Å²) in [5.74, 6) is 0.972. The molecule has 2 aliphatic rings. The number of rotatable bonds is 4. The fraction of sp³-hybridized carbons (Fsp3) is 0.476. The zero-order valence-electron chi connectivity index (χ0n) is 15.8. The number of carbonyl (C=O) groups is 1. The molecule has 0 radical (unpaired) electrons. The summed E-state index contributed by atoms with van der Waals surface area (Å²) < 4.78 is 0. The van der Waals surface area contributed by atoms with Crippen LogP contribution in [0, 0.1) is 0 Å². The number of hydrogen-bond acceptors (Lipinski definition) is 5. The molecule has 0 unspecified atom stereocenters. The molecule has 1 amide bonds. The van der Waals surface area contributed by atoms with Gasteiger partial charge in [-0.2, -0.15) is 0 Å². The van der Waals surface area contributed by atoms with Gasteiger partial charge in [0.05, 0.1) is 11.3 Å². The maximum absolute atomic E-state index is 12.9. The highest BCUT2D eigenvalue weighted by Crippen LogP contribution is 2.23. The standard InChI is InChI=1S/C21H27N5O/c27-21(26-12-3-4-13-26)19-8-5-10-23-20(19)25-14-6-11-24(15-16-25)17-18-7-1-2-9-22-18/h1-2,5,7-10H,3-4,6,11-17H2. The molecule has 0 bridgehead atoms. The Morgan fingerprint density at radius 2 is 1.70 bits per heavy atom. The Balaban J connectivity index is 1.45. The topological polar surface area (TPSA) is 52.6 Å². The summed E-state index contributed by atoms with van der Waals surface area (Å²) in [6.45, 7) is 6.40. The molecule has 0 aromatic carbocycles. The lowest BCUT2D eigenvalue weighted by Crippen LogP contribution is -2.34. The van der Waals surface area contributed by atoms with Crippen LogP contribution in [0.4, 0.5) is 5.82 Å². The fourth-order valence-corrected chi connectivity index (χ4v) is 3.97. The first-order chi connectivity index (χ1) is 13.3. The predicted molar refractivity (Wildman–Crippen MR) is 106 cm³/mol. The number of anilines is 1. The van der Waals surface area contributed by atoms with E-state index < -0.39 is 0 Å². The van der Waals surface area contributed by atoms with Gasteiger partial charge in [0.2, 0.25) is 0 Å². The Hall–Kier alpha value is -2.47. The fourth-order valence-electron chi connectivity index (χ4n) is 3.97. The van der Waals surface area contributed by atoms with Crippen LogP contribution in [0.5, 0.6) is 0 Å². The first kappa shape index (κ1) is 17.9. The Kier molecular flexibility index (Phi) is 5.63. The van der Waals surface area contributed by atoms with Crippen LogP contribution in [0.25, 0.3) is 0 Å². The molecule has 0 aliphatic carbocycles. The van der Waals surface area contributed by atoms with Crippen molar-refractivity contribution in [2.24, 2.45) is 0 Å². The molecule has 4 heterocycles. The normalized spacial score (nSPS) is 18.5. The molecule has 2 aliphatic heterocycles. The van der Waals surface area contributed by atoms with Crippen LogP contribution in [-0.4, -0.2) is 64.9 Å². The number of pyridine rings is 2. The molecule has 0 spiro atoms. The lowest BCUT2D eigenvalue weighted by atomic mass is 10.2. The number of nitrogens with zero attached hydrogens (tertiary/aromatic N) is 5. The van der Waals surface area contributed by atoms with E-state index in [4.69, 9.17) is 0 Å². The average molecular weight is 365 g/mol. The SMILES string of the molecule is O=C(c1cccnc1N1CCCN(Cc2ccccn2)CC1)N1CCCC1. The van der Waals surface area contributed by atoms with Gasteiger partial charge in [-0.3, -0.25) is 14.7 Å². The maximum atomic E-state index is 12.9. The van der Waals surface area contributed by atoms with Gasteiger partial charge < -0.3 is 9.80 Å². The Morgan fingerprint density at radius 3 is 2.52 bits per heavy atom. The molecule has 2 aromatic rings. The van der Waals surface area contributed by atoms with Gasteiger partial charge in [0.15, 0.2) is 0 Å². The second-order valence-corrected chi connectivity index (χ2v) is 7.31. The molecule has 4 rings (SSSR count). The molecule has 6 heteroatoms. The molecule has 2 aromatic heterocycles. The summed E-state index contributed by atoms with van der Waals surface area (Å²) in [6, 6.07) is 9.87. The van der Waals surface area contributed by atoms with E-state index in [2.05, 4.69) is 25.8 Å². The van der Waals surface area contributed by atoms with Gasteiger partial charge in [-0.05, 0) is 43.5 Å². The van der Waals surface area contributed by atoms with Crippen LogP contribution in [0.2, 0.25) is 0 Å². The summed E-state index contributed by atoms with van der Waals surface area (Å²) in [5, 5.41) is 0. The molecule has 142 valence electrons. The van der Waals surface area contributed by atoms with Gasteiger partial charge in [0, 0.05) is 58.2 Å². The average Bonchev–Trinajstić information content (AvgIpc) is 3.16. The molecule has 0 saturated carbocycles. The summed E-state index contributed by atoms with van der Waals surface area (Å²) in [6.07, 6.45) is 6.91. The summed E-state index contributed by atoms with van der Waals surface area (Å²) in [4.78, 5) is 28.7. The number of likely N-dealkylation sites (tertiary alicyclic amines) is 1. The molecule has 0 atom stereocenters. The number of carbonyl (C=O) groups excluding carboxylic acids is 1.